The highest BCUT2D eigenvalue weighted by molar-refractivity contribution is 5.94. The van der Waals surface area contributed by atoms with Gasteiger partial charge in [0.25, 0.3) is 0 Å². The summed E-state index contributed by atoms with van der Waals surface area (Å²) in [5.74, 6) is -4.08. The predicted octanol–water partition coefficient (Wildman–Crippen LogP) is -2.72. The topological polar surface area (TPSA) is 185 Å². The van der Waals surface area contributed by atoms with Crippen LogP contribution in [0.4, 0.5) is 0 Å². The SMILES string of the molecule is CC[C@H](C)[C@H](N)C(=O)N[C@@H](CC(N)=O)C(=O)N[C@@H](CO)C(=O)O. The molecule has 4 atom stereocenters. The van der Waals surface area contributed by atoms with Gasteiger partial charge in [0, 0.05) is 0 Å². The Morgan fingerprint density at radius 3 is 2.00 bits per heavy atom. The largest absolute Gasteiger partial charge is 0.480 e. The number of nitrogens with one attached hydrogen (secondary N) is 2. The molecule has 0 saturated carbocycles. The Bertz CT molecular complexity index is 456. The van der Waals surface area contributed by atoms with Crippen LogP contribution in [-0.4, -0.2) is 58.6 Å². The summed E-state index contributed by atoms with van der Waals surface area (Å²) >= 11 is 0. The lowest BCUT2D eigenvalue weighted by Crippen LogP contribution is -2.56. The molecule has 0 aliphatic rings. The Hall–Kier alpha value is -2.20. The lowest BCUT2D eigenvalue weighted by molar-refractivity contribution is -0.143. The van der Waals surface area contributed by atoms with Crippen LogP contribution in [0.15, 0.2) is 0 Å². The van der Waals surface area contributed by atoms with Gasteiger partial charge in [0.1, 0.15) is 12.1 Å². The maximum atomic E-state index is 12.0. The molecule has 0 heterocycles. The fourth-order valence-electron chi connectivity index (χ4n) is 1.65. The van der Waals surface area contributed by atoms with Crippen LogP contribution >= 0.6 is 0 Å². The van der Waals surface area contributed by atoms with Crippen LogP contribution in [0.3, 0.4) is 0 Å². The van der Waals surface area contributed by atoms with Crippen molar-refractivity contribution in [2.45, 2.75) is 44.8 Å². The molecule has 0 fully saturated rings. The molecule has 0 aromatic heterocycles. The third-order valence-electron chi connectivity index (χ3n) is 3.40. The molecule has 23 heavy (non-hydrogen) atoms. The van der Waals surface area contributed by atoms with Gasteiger partial charge in [-0.25, -0.2) is 4.79 Å². The predicted molar refractivity (Wildman–Crippen MR) is 79.8 cm³/mol. The third kappa shape index (κ3) is 7.06. The van der Waals surface area contributed by atoms with E-state index in [0.717, 1.165) is 0 Å². The Balaban J connectivity index is 5.00. The average molecular weight is 332 g/mol. The highest BCUT2D eigenvalue weighted by atomic mass is 16.4. The van der Waals surface area contributed by atoms with Gasteiger partial charge in [0.15, 0.2) is 0 Å². The van der Waals surface area contributed by atoms with Crippen molar-refractivity contribution in [2.75, 3.05) is 6.61 Å². The summed E-state index contributed by atoms with van der Waals surface area (Å²) in [5.41, 5.74) is 10.8. The van der Waals surface area contributed by atoms with E-state index in [9.17, 15) is 19.2 Å². The van der Waals surface area contributed by atoms with Crippen LogP contribution in [0.5, 0.6) is 0 Å². The number of carboxylic acids is 1. The van der Waals surface area contributed by atoms with E-state index in [-0.39, 0.29) is 5.92 Å². The first-order chi connectivity index (χ1) is 10.6. The van der Waals surface area contributed by atoms with Crippen molar-refractivity contribution >= 4 is 23.7 Å². The summed E-state index contributed by atoms with van der Waals surface area (Å²) in [5, 5.41) is 22.0. The second kappa shape index (κ2) is 9.74. The number of aliphatic carboxylic acids is 1. The highest BCUT2D eigenvalue weighted by Crippen LogP contribution is 2.06. The molecule has 0 rings (SSSR count). The fraction of sp³-hybridized carbons (Fsp3) is 0.692. The normalized spacial score (nSPS) is 15.8. The number of hydrogen-bond donors (Lipinski definition) is 6. The van der Waals surface area contributed by atoms with Crippen molar-refractivity contribution in [3.63, 3.8) is 0 Å². The third-order valence-corrected chi connectivity index (χ3v) is 3.40. The Morgan fingerprint density at radius 2 is 1.61 bits per heavy atom. The minimum Gasteiger partial charge on any atom is -0.480 e. The van der Waals surface area contributed by atoms with Gasteiger partial charge in [-0.05, 0) is 5.92 Å². The maximum Gasteiger partial charge on any atom is 0.328 e. The molecule has 0 saturated heterocycles. The number of rotatable bonds is 10. The van der Waals surface area contributed by atoms with Crippen molar-refractivity contribution in [2.24, 2.45) is 17.4 Å². The number of nitrogens with two attached hydrogens (primary N) is 2. The number of carbonyl (C=O) groups excluding carboxylic acids is 3. The Morgan fingerprint density at radius 1 is 1.09 bits per heavy atom. The van der Waals surface area contributed by atoms with Gasteiger partial charge in [-0.1, -0.05) is 20.3 Å². The number of aliphatic hydroxyl groups is 1. The summed E-state index contributed by atoms with van der Waals surface area (Å²) < 4.78 is 0. The molecule has 10 nitrogen and oxygen atoms in total. The second-order valence-corrected chi connectivity index (χ2v) is 5.22. The summed E-state index contributed by atoms with van der Waals surface area (Å²) in [6.45, 7) is 2.74. The van der Waals surface area contributed by atoms with Gasteiger partial charge in [-0.3, -0.25) is 14.4 Å². The molecule has 0 unspecified atom stereocenters. The molecule has 0 aliphatic carbocycles. The summed E-state index contributed by atoms with van der Waals surface area (Å²) in [6.07, 6.45) is 0.107. The van der Waals surface area contributed by atoms with E-state index < -0.39 is 54.8 Å². The van der Waals surface area contributed by atoms with Crippen LogP contribution in [0.2, 0.25) is 0 Å². The van der Waals surface area contributed by atoms with Crippen molar-refractivity contribution in [1.29, 1.82) is 0 Å². The van der Waals surface area contributed by atoms with E-state index in [1.165, 1.54) is 0 Å². The van der Waals surface area contributed by atoms with E-state index in [0.29, 0.717) is 6.42 Å². The molecule has 0 bridgehead atoms. The van der Waals surface area contributed by atoms with E-state index >= 15 is 0 Å². The van der Waals surface area contributed by atoms with Crippen LogP contribution in [0.1, 0.15) is 26.7 Å². The molecule has 0 aromatic carbocycles. The number of hydrogen-bond acceptors (Lipinski definition) is 6. The highest BCUT2D eigenvalue weighted by Gasteiger charge is 2.29. The fourth-order valence-corrected chi connectivity index (χ4v) is 1.65. The van der Waals surface area contributed by atoms with Crippen molar-refractivity contribution in [1.82, 2.24) is 10.6 Å². The van der Waals surface area contributed by atoms with Crippen LogP contribution in [0, 0.1) is 5.92 Å². The van der Waals surface area contributed by atoms with E-state index in [2.05, 4.69) is 5.32 Å². The Labute approximate surface area is 133 Å². The maximum absolute atomic E-state index is 12.0. The number of carbonyl (C=O) groups is 4. The summed E-state index contributed by atoms with van der Waals surface area (Å²) in [7, 11) is 0. The zero-order chi connectivity index (χ0) is 18.2. The lowest BCUT2D eigenvalue weighted by Gasteiger charge is -2.23. The number of aliphatic hydroxyl groups excluding tert-OH is 1. The molecule has 0 radical (unpaired) electrons. The minimum atomic E-state index is -1.56. The van der Waals surface area contributed by atoms with Gasteiger partial charge in [0.05, 0.1) is 19.1 Å². The number of amides is 3. The first-order valence-electron chi connectivity index (χ1n) is 7.12. The van der Waals surface area contributed by atoms with Gasteiger partial charge in [-0.2, -0.15) is 0 Å². The molecule has 3 amide bonds. The minimum absolute atomic E-state index is 0.156. The first kappa shape index (κ1) is 20.8. The van der Waals surface area contributed by atoms with Crippen molar-refractivity contribution < 1.29 is 29.4 Å². The van der Waals surface area contributed by atoms with Gasteiger partial charge in [-0.15, -0.1) is 0 Å². The monoisotopic (exact) mass is 332 g/mol. The van der Waals surface area contributed by atoms with Crippen LogP contribution < -0.4 is 22.1 Å². The van der Waals surface area contributed by atoms with Gasteiger partial charge >= 0.3 is 5.97 Å². The molecular weight excluding hydrogens is 308 g/mol. The molecule has 132 valence electrons. The van der Waals surface area contributed by atoms with Crippen LogP contribution in [0.25, 0.3) is 0 Å². The van der Waals surface area contributed by atoms with Crippen LogP contribution in [-0.2, 0) is 19.2 Å². The van der Waals surface area contributed by atoms with Gasteiger partial charge in [0.2, 0.25) is 17.7 Å². The van der Waals surface area contributed by atoms with E-state index in [1.54, 1.807) is 6.92 Å². The quantitative estimate of drug-likeness (QED) is 0.251. The standard InChI is InChI=1S/C13H24N4O6/c1-3-6(2)10(15)12(21)16-7(4-9(14)19)11(20)17-8(5-18)13(22)23/h6-8,10,18H,3-5,15H2,1-2H3,(H2,14,19)(H,16,21)(H,17,20)(H,22,23)/t6-,7-,8-,10-/m0/s1. The molecule has 8 N–H and O–H groups in total. The second-order valence-electron chi connectivity index (χ2n) is 5.22. The van der Waals surface area contributed by atoms with Gasteiger partial charge < -0.3 is 32.3 Å². The van der Waals surface area contributed by atoms with E-state index in [1.807, 2.05) is 12.2 Å². The van der Waals surface area contributed by atoms with Crippen molar-refractivity contribution in [3.8, 4) is 0 Å². The molecule has 0 spiro atoms. The molecular formula is C13H24N4O6. The molecule has 0 aliphatic heterocycles. The first-order valence-corrected chi connectivity index (χ1v) is 7.12. The molecule has 10 heteroatoms. The number of carboxylic acid groups (broad SMARTS) is 1. The molecule has 0 aromatic rings. The lowest BCUT2D eigenvalue weighted by atomic mass is 9.99. The average Bonchev–Trinajstić information content (AvgIpc) is 2.48. The summed E-state index contributed by atoms with van der Waals surface area (Å²) in [6, 6.07) is -3.82. The van der Waals surface area contributed by atoms with E-state index in [4.69, 9.17) is 21.7 Å². The summed E-state index contributed by atoms with van der Waals surface area (Å²) in [4.78, 5) is 45.8. The zero-order valence-electron chi connectivity index (χ0n) is 13.1. The van der Waals surface area contributed by atoms with Crippen molar-refractivity contribution in [3.05, 3.63) is 0 Å². The zero-order valence-corrected chi connectivity index (χ0v) is 13.1. The number of primary amides is 1. The Kier molecular flexibility index (Phi) is 8.81. The smallest absolute Gasteiger partial charge is 0.328 e.